The van der Waals surface area contributed by atoms with Gasteiger partial charge in [0.15, 0.2) is 29.3 Å². The maximum absolute atomic E-state index is 12.9. The van der Waals surface area contributed by atoms with Crippen LogP contribution in [-0.2, 0) is 17.8 Å². The van der Waals surface area contributed by atoms with Crippen LogP contribution in [0.3, 0.4) is 0 Å². The molecule has 4 aliphatic rings. The Morgan fingerprint density at radius 3 is 1.58 bits per heavy atom. The van der Waals surface area contributed by atoms with Gasteiger partial charge < -0.3 is 42.6 Å². The van der Waals surface area contributed by atoms with Crippen LogP contribution >= 0.6 is 0 Å². The van der Waals surface area contributed by atoms with E-state index in [-0.39, 0.29) is 35.8 Å². The topological polar surface area (TPSA) is 131 Å². The molecule has 0 amide bonds. The molecule has 13 heteroatoms. The second-order valence-corrected chi connectivity index (χ2v) is 13.0. The van der Waals surface area contributed by atoms with Gasteiger partial charge in [0.1, 0.15) is 5.56 Å². The van der Waals surface area contributed by atoms with Crippen molar-refractivity contribution in [2.45, 2.75) is 51.6 Å². The number of rotatable bonds is 8. The lowest BCUT2D eigenvalue weighted by Gasteiger charge is -2.27. The second-order valence-electron chi connectivity index (χ2n) is 13.0. The Bertz CT molecular complexity index is 2030. The fraction of sp³-hybridized carbons (Fsp3) is 0.459. The number of aromatic nitrogens is 2. The average Bonchev–Trinajstić information content (AvgIpc) is 3.82. The summed E-state index contributed by atoms with van der Waals surface area (Å²) in [5.74, 6) is 1.92. The van der Waals surface area contributed by atoms with Crippen LogP contribution in [0.15, 0.2) is 46.0 Å². The predicted octanol–water partition coefficient (Wildman–Crippen LogP) is 4.03. The number of carbonyl (C=O) groups is 2. The third-order valence-electron chi connectivity index (χ3n) is 9.91. The van der Waals surface area contributed by atoms with Gasteiger partial charge in [-0.15, -0.1) is 0 Å². The Balaban J connectivity index is 0.000000157. The highest BCUT2D eigenvalue weighted by Crippen LogP contribution is 2.37. The van der Waals surface area contributed by atoms with E-state index in [0.29, 0.717) is 42.4 Å². The number of esters is 1. The van der Waals surface area contributed by atoms with E-state index in [1.807, 2.05) is 18.2 Å². The van der Waals surface area contributed by atoms with Crippen molar-refractivity contribution in [3.8, 4) is 23.0 Å². The number of hydrogen-bond donors (Lipinski definition) is 0. The standard InChI is InChI=1S/C19H22N2O5.C18H20N2O4/c1-24-19(23)14-9-13-10-16-17(26-12-25-16)11-15(13)21(18(14)22)8-7-20-5-3-2-4-6-20;21-11-14-8-13-9-16-17(24-12-23-16)10-15(13)20(18(14)22)7-6-19-4-2-1-3-5-19/h9-11H,2-8,12H2,1H3;8-11H,1-7,12H2. The van der Waals surface area contributed by atoms with Gasteiger partial charge in [-0.05, 0) is 76.1 Å². The molecule has 13 nitrogen and oxygen atoms in total. The molecule has 2 aromatic carbocycles. The molecule has 0 unspecified atom stereocenters. The van der Waals surface area contributed by atoms with Crippen LogP contribution in [0.5, 0.6) is 23.0 Å². The minimum absolute atomic E-state index is 0.0394. The minimum Gasteiger partial charge on any atom is -0.465 e. The first kappa shape index (κ1) is 33.6. The summed E-state index contributed by atoms with van der Waals surface area (Å²) in [6.07, 6.45) is 7.98. The third-order valence-corrected chi connectivity index (χ3v) is 9.91. The first-order chi connectivity index (χ1) is 24.4. The molecule has 0 spiro atoms. The lowest BCUT2D eigenvalue weighted by Crippen LogP contribution is -2.36. The maximum Gasteiger partial charge on any atom is 0.343 e. The molecular formula is C37H42N4O9. The number of carbonyl (C=O) groups excluding carboxylic acids is 2. The van der Waals surface area contributed by atoms with Crippen molar-refractivity contribution in [3.05, 3.63) is 68.2 Å². The molecule has 0 radical (unpaired) electrons. The van der Waals surface area contributed by atoms with Crippen LogP contribution in [0.1, 0.15) is 59.2 Å². The monoisotopic (exact) mass is 686 g/mol. The Labute approximate surface area is 288 Å². The highest BCUT2D eigenvalue weighted by atomic mass is 16.7. The summed E-state index contributed by atoms with van der Waals surface area (Å²) in [5, 5.41) is 1.58. The van der Waals surface area contributed by atoms with Crippen LogP contribution in [0.25, 0.3) is 21.8 Å². The summed E-state index contributed by atoms with van der Waals surface area (Å²) in [6.45, 7) is 7.26. The van der Waals surface area contributed by atoms with E-state index in [9.17, 15) is 19.2 Å². The van der Waals surface area contributed by atoms with E-state index >= 15 is 0 Å². The fourth-order valence-corrected chi connectivity index (χ4v) is 7.19. The number of nitrogens with zero attached hydrogens (tertiary/aromatic N) is 4. The largest absolute Gasteiger partial charge is 0.465 e. The third kappa shape index (κ3) is 6.92. The Morgan fingerprint density at radius 1 is 0.640 bits per heavy atom. The van der Waals surface area contributed by atoms with Crippen molar-refractivity contribution < 1.29 is 33.3 Å². The lowest BCUT2D eigenvalue weighted by atomic mass is 10.1. The van der Waals surface area contributed by atoms with Crippen LogP contribution in [-0.4, -0.2) is 91.2 Å². The van der Waals surface area contributed by atoms with Crippen molar-refractivity contribution in [3.63, 3.8) is 0 Å². The van der Waals surface area contributed by atoms with E-state index in [1.54, 1.807) is 27.3 Å². The van der Waals surface area contributed by atoms with Gasteiger partial charge in [0.05, 0.1) is 23.7 Å². The van der Waals surface area contributed by atoms with Gasteiger partial charge in [0.2, 0.25) is 13.6 Å². The Morgan fingerprint density at radius 2 is 1.10 bits per heavy atom. The van der Waals surface area contributed by atoms with Gasteiger partial charge in [0.25, 0.3) is 11.1 Å². The van der Waals surface area contributed by atoms with Gasteiger partial charge in [-0.3, -0.25) is 14.4 Å². The average molecular weight is 687 g/mol. The summed E-state index contributed by atoms with van der Waals surface area (Å²) < 4.78 is 29.8. The zero-order valence-electron chi connectivity index (χ0n) is 28.3. The van der Waals surface area contributed by atoms with E-state index in [0.717, 1.165) is 61.1 Å². The number of pyridine rings is 2. The van der Waals surface area contributed by atoms with Crippen LogP contribution in [0.2, 0.25) is 0 Å². The molecule has 6 heterocycles. The van der Waals surface area contributed by atoms with Crippen molar-refractivity contribution in [1.82, 2.24) is 18.9 Å². The van der Waals surface area contributed by atoms with Gasteiger partial charge in [-0.25, -0.2) is 4.79 Å². The maximum atomic E-state index is 12.9. The van der Waals surface area contributed by atoms with Gasteiger partial charge in [0, 0.05) is 49.1 Å². The van der Waals surface area contributed by atoms with Gasteiger partial charge >= 0.3 is 5.97 Å². The van der Waals surface area contributed by atoms with Gasteiger partial charge in [-0.1, -0.05) is 12.8 Å². The number of fused-ring (bicyclic) bond motifs is 4. The quantitative estimate of drug-likeness (QED) is 0.197. The molecule has 2 saturated heterocycles. The summed E-state index contributed by atoms with van der Waals surface area (Å²) in [7, 11) is 1.28. The zero-order valence-corrected chi connectivity index (χ0v) is 28.3. The SMILES string of the molecule is COC(=O)c1cc2cc3c(cc2n(CCN2CCCCC2)c1=O)OCO3.O=Cc1cc2cc3c(cc2n(CCN2CCCCC2)c1=O)OCO3. The lowest BCUT2D eigenvalue weighted by molar-refractivity contribution is 0.0598. The molecule has 2 aromatic heterocycles. The number of piperidine rings is 2. The first-order valence-corrected chi connectivity index (χ1v) is 17.4. The van der Waals surface area contributed by atoms with Crippen molar-refractivity contribution in [2.75, 3.05) is 60.0 Å². The van der Waals surface area contributed by atoms with Crippen LogP contribution in [0.4, 0.5) is 0 Å². The second kappa shape index (κ2) is 14.9. The molecule has 0 N–H and O–H groups in total. The molecule has 50 heavy (non-hydrogen) atoms. The van der Waals surface area contributed by atoms with Crippen LogP contribution in [0, 0.1) is 0 Å². The molecule has 2 fully saturated rings. The number of benzene rings is 2. The number of methoxy groups -OCH3 is 1. The molecule has 264 valence electrons. The zero-order chi connectivity index (χ0) is 34.6. The molecule has 0 saturated carbocycles. The fourth-order valence-electron chi connectivity index (χ4n) is 7.19. The number of ether oxygens (including phenoxy) is 5. The molecular weight excluding hydrogens is 644 g/mol. The van der Waals surface area contributed by atoms with Crippen molar-refractivity contribution in [1.29, 1.82) is 0 Å². The first-order valence-electron chi connectivity index (χ1n) is 17.4. The number of hydrogen-bond acceptors (Lipinski definition) is 11. The highest BCUT2D eigenvalue weighted by Gasteiger charge is 2.22. The highest BCUT2D eigenvalue weighted by molar-refractivity contribution is 5.95. The normalized spacial score (nSPS) is 17.1. The molecule has 0 bridgehead atoms. The molecule has 0 atom stereocenters. The summed E-state index contributed by atoms with van der Waals surface area (Å²) in [6, 6.07) is 10.5. The van der Waals surface area contributed by atoms with Crippen molar-refractivity contribution >= 4 is 34.1 Å². The predicted molar refractivity (Wildman–Crippen MR) is 186 cm³/mol. The molecule has 8 rings (SSSR count). The molecule has 4 aliphatic heterocycles. The Kier molecular flexibility index (Phi) is 10.0. The van der Waals surface area contributed by atoms with Gasteiger partial charge in [-0.2, -0.15) is 0 Å². The van der Waals surface area contributed by atoms with E-state index < -0.39 is 5.97 Å². The number of aldehydes is 1. The van der Waals surface area contributed by atoms with E-state index in [4.69, 9.17) is 23.7 Å². The van der Waals surface area contributed by atoms with E-state index in [1.165, 1.54) is 45.6 Å². The summed E-state index contributed by atoms with van der Waals surface area (Å²) in [5.41, 5.74) is 1.17. The summed E-state index contributed by atoms with van der Waals surface area (Å²) in [4.78, 5) is 53.6. The minimum atomic E-state index is -0.624. The number of likely N-dealkylation sites (tertiary alicyclic amines) is 2. The molecule has 4 aromatic rings. The van der Waals surface area contributed by atoms with Crippen LogP contribution < -0.4 is 30.1 Å². The van der Waals surface area contributed by atoms with E-state index in [2.05, 4.69) is 9.80 Å². The molecule has 0 aliphatic carbocycles. The Hall–Kier alpha value is -4.88. The van der Waals surface area contributed by atoms with Crippen molar-refractivity contribution in [2.24, 2.45) is 0 Å². The smallest absolute Gasteiger partial charge is 0.343 e. The summed E-state index contributed by atoms with van der Waals surface area (Å²) >= 11 is 0.